The fraction of sp³-hybridized carbons (Fsp3) is 0.364. The summed E-state index contributed by atoms with van der Waals surface area (Å²) in [5, 5.41) is 3.89. The predicted molar refractivity (Wildman–Crippen MR) is 73.8 cm³/mol. The lowest BCUT2D eigenvalue weighted by Gasteiger charge is -2.10. The normalized spacial score (nSPS) is 11.5. The van der Waals surface area contributed by atoms with Crippen LogP contribution in [-0.4, -0.2) is 12.5 Å². The maximum Gasteiger partial charge on any atom is 0.224 e. The minimum absolute atomic E-state index is 0. The van der Waals surface area contributed by atoms with E-state index in [4.69, 9.17) is 28.9 Å². The van der Waals surface area contributed by atoms with Gasteiger partial charge in [-0.15, -0.1) is 12.4 Å². The van der Waals surface area contributed by atoms with Gasteiger partial charge in [0.05, 0.1) is 0 Å². The van der Waals surface area contributed by atoms with E-state index in [1.54, 1.807) is 25.1 Å². The molecule has 0 aromatic heterocycles. The third-order valence-electron chi connectivity index (χ3n) is 2.27. The van der Waals surface area contributed by atoms with E-state index in [1.807, 2.05) is 0 Å². The summed E-state index contributed by atoms with van der Waals surface area (Å²) in [5.41, 5.74) is 6.22. The Morgan fingerprint density at radius 3 is 2.65 bits per heavy atom. The van der Waals surface area contributed by atoms with Crippen molar-refractivity contribution in [2.24, 2.45) is 11.7 Å². The van der Waals surface area contributed by atoms with Gasteiger partial charge >= 0.3 is 0 Å². The van der Waals surface area contributed by atoms with Gasteiger partial charge < -0.3 is 11.1 Å². The average Bonchev–Trinajstić information content (AvgIpc) is 2.26. The Kier molecular flexibility index (Phi) is 7.55. The van der Waals surface area contributed by atoms with Crippen molar-refractivity contribution in [3.63, 3.8) is 0 Å². The molecule has 0 heterocycles. The van der Waals surface area contributed by atoms with Crippen molar-refractivity contribution in [1.82, 2.24) is 5.32 Å². The number of rotatable bonds is 4. The molecule has 0 aliphatic carbocycles. The molecule has 0 fully saturated rings. The Balaban J connectivity index is 0.00000256. The second kappa shape index (κ2) is 7.77. The summed E-state index contributed by atoms with van der Waals surface area (Å²) < 4.78 is 0. The molecule has 0 spiro atoms. The maximum absolute atomic E-state index is 11.5. The predicted octanol–water partition coefficient (Wildman–Crippen LogP) is 2.63. The zero-order chi connectivity index (χ0) is 12.1. The van der Waals surface area contributed by atoms with Gasteiger partial charge in [-0.25, -0.2) is 0 Å². The van der Waals surface area contributed by atoms with E-state index < -0.39 is 0 Å². The highest BCUT2D eigenvalue weighted by Crippen LogP contribution is 2.20. The van der Waals surface area contributed by atoms with Gasteiger partial charge in [0.1, 0.15) is 0 Å². The lowest BCUT2D eigenvalue weighted by molar-refractivity contribution is -0.124. The molecule has 3 nitrogen and oxygen atoms in total. The van der Waals surface area contributed by atoms with Crippen LogP contribution in [0.4, 0.5) is 0 Å². The zero-order valence-electron chi connectivity index (χ0n) is 9.37. The van der Waals surface area contributed by atoms with Crippen LogP contribution in [0.5, 0.6) is 0 Å². The van der Waals surface area contributed by atoms with Crippen LogP contribution in [0.15, 0.2) is 18.2 Å². The maximum atomic E-state index is 11.5. The lowest BCUT2D eigenvalue weighted by Crippen LogP contribution is -2.32. The third kappa shape index (κ3) is 5.13. The summed E-state index contributed by atoms with van der Waals surface area (Å²) in [6.45, 7) is 2.50. The van der Waals surface area contributed by atoms with Gasteiger partial charge in [-0.3, -0.25) is 4.79 Å². The quantitative estimate of drug-likeness (QED) is 0.897. The topological polar surface area (TPSA) is 55.1 Å². The molecule has 96 valence electrons. The summed E-state index contributed by atoms with van der Waals surface area (Å²) in [6.07, 6.45) is 0. The SMILES string of the molecule is CC(CN)C(=O)NCc1ccc(Cl)cc1Cl.Cl. The van der Waals surface area contributed by atoms with E-state index in [0.717, 1.165) is 5.56 Å². The number of benzene rings is 1. The largest absolute Gasteiger partial charge is 0.352 e. The molecule has 0 bridgehead atoms. The standard InChI is InChI=1S/C11H14Cl2N2O.ClH/c1-7(5-14)11(16)15-6-8-2-3-9(12)4-10(8)13;/h2-4,7H,5-6,14H2,1H3,(H,15,16);1H. The molecule has 0 aliphatic heterocycles. The van der Waals surface area contributed by atoms with Crippen molar-refractivity contribution in [2.75, 3.05) is 6.54 Å². The molecule has 17 heavy (non-hydrogen) atoms. The number of hydrogen-bond donors (Lipinski definition) is 2. The van der Waals surface area contributed by atoms with E-state index in [1.165, 1.54) is 0 Å². The molecule has 1 unspecified atom stereocenters. The first-order chi connectivity index (χ1) is 7.54. The summed E-state index contributed by atoms with van der Waals surface area (Å²) in [4.78, 5) is 11.5. The molecule has 1 rings (SSSR count). The van der Waals surface area contributed by atoms with Gasteiger partial charge in [0.25, 0.3) is 0 Å². The number of amides is 1. The summed E-state index contributed by atoms with van der Waals surface area (Å²) in [5.74, 6) is -0.264. The molecular formula is C11H15Cl3N2O. The highest BCUT2D eigenvalue weighted by atomic mass is 35.5. The van der Waals surface area contributed by atoms with Gasteiger partial charge in [-0.1, -0.05) is 36.2 Å². The number of nitrogens with one attached hydrogen (secondary N) is 1. The molecule has 1 amide bonds. The van der Waals surface area contributed by atoms with E-state index in [0.29, 0.717) is 23.1 Å². The van der Waals surface area contributed by atoms with Crippen LogP contribution in [0, 0.1) is 5.92 Å². The second-order valence-electron chi connectivity index (χ2n) is 3.59. The molecule has 0 radical (unpaired) electrons. The molecule has 6 heteroatoms. The van der Waals surface area contributed by atoms with Crippen molar-refractivity contribution in [3.8, 4) is 0 Å². The van der Waals surface area contributed by atoms with Crippen molar-refractivity contribution in [1.29, 1.82) is 0 Å². The van der Waals surface area contributed by atoms with Crippen LogP contribution in [-0.2, 0) is 11.3 Å². The van der Waals surface area contributed by atoms with Crippen LogP contribution < -0.4 is 11.1 Å². The number of carbonyl (C=O) groups is 1. The van der Waals surface area contributed by atoms with Crippen LogP contribution in [0.2, 0.25) is 10.0 Å². The van der Waals surface area contributed by atoms with Crippen molar-refractivity contribution in [3.05, 3.63) is 33.8 Å². The van der Waals surface area contributed by atoms with E-state index in [2.05, 4.69) is 5.32 Å². The Labute approximate surface area is 117 Å². The number of hydrogen-bond acceptors (Lipinski definition) is 2. The Bertz CT molecular complexity index is 385. The smallest absolute Gasteiger partial charge is 0.224 e. The van der Waals surface area contributed by atoms with Gasteiger partial charge in [0, 0.05) is 29.1 Å². The fourth-order valence-corrected chi connectivity index (χ4v) is 1.60. The van der Waals surface area contributed by atoms with E-state index in [9.17, 15) is 4.79 Å². The van der Waals surface area contributed by atoms with Crippen molar-refractivity contribution in [2.45, 2.75) is 13.5 Å². The van der Waals surface area contributed by atoms with Gasteiger partial charge in [0.15, 0.2) is 0 Å². The summed E-state index contributed by atoms with van der Waals surface area (Å²) in [7, 11) is 0. The number of carbonyl (C=O) groups excluding carboxylic acids is 1. The Hall–Kier alpha value is -0.480. The minimum Gasteiger partial charge on any atom is -0.352 e. The molecule has 0 saturated carbocycles. The number of halogens is 3. The monoisotopic (exact) mass is 296 g/mol. The Morgan fingerprint density at radius 1 is 1.47 bits per heavy atom. The highest BCUT2D eigenvalue weighted by Gasteiger charge is 2.10. The van der Waals surface area contributed by atoms with Crippen molar-refractivity contribution < 1.29 is 4.79 Å². The van der Waals surface area contributed by atoms with E-state index in [-0.39, 0.29) is 24.2 Å². The fourth-order valence-electron chi connectivity index (χ4n) is 1.13. The van der Waals surface area contributed by atoms with Crippen LogP contribution in [0.3, 0.4) is 0 Å². The second-order valence-corrected chi connectivity index (χ2v) is 4.43. The van der Waals surface area contributed by atoms with Crippen LogP contribution in [0.1, 0.15) is 12.5 Å². The first kappa shape index (κ1) is 16.5. The number of nitrogens with two attached hydrogens (primary N) is 1. The van der Waals surface area contributed by atoms with Gasteiger partial charge in [-0.2, -0.15) is 0 Å². The van der Waals surface area contributed by atoms with Crippen LogP contribution >= 0.6 is 35.6 Å². The third-order valence-corrected chi connectivity index (χ3v) is 2.86. The molecule has 1 atom stereocenters. The summed E-state index contributed by atoms with van der Waals surface area (Å²) >= 11 is 11.7. The first-order valence-corrected chi connectivity index (χ1v) is 5.72. The lowest BCUT2D eigenvalue weighted by atomic mass is 10.1. The van der Waals surface area contributed by atoms with Gasteiger partial charge in [0.2, 0.25) is 5.91 Å². The Morgan fingerprint density at radius 2 is 2.12 bits per heavy atom. The van der Waals surface area contributed by atoms with Crippen LogP contribution in [0.25, 0.3) is 0 Å². The highest BCUT2D eigenvalue weighted by molar-refractivity contribution is 6.35. The average molecular weight is 298 g/mol. The molecule has 1 aromatic carbocycles. The van der Waals surface area contributed by atoms with Gasteiger partial charge in [-0.05, 0) is 17.7 Å². The molecule has 0 saturated heterocycles. The zero-order valence-corrected chi connectivity index (χ0v) is 11.7. The molecule has 1 aromatic rings. The summed E-state index contributed by atoms with van der Waals surface area (Å²) in [6, 6.07) is 5.18. The molecule has 0 aliphatic rings. The van der Waals surface area contributed by atoms with Crippen molar-refractivity contribution >= 4 is 41.5 Å². The van der Waals surface area contributed by atoms with E-state index >= 15 is 0 Å². The first-order valence-electron chi connectivity index (χ1n) is 4.96. The minimum atomic E-state index is -0.189. The molecular weight excluding hydrogens is 282 g/mol. The molecule has 3 N–H and O–H groups in total.